The van der Waals surface area contributed by atoms with Crippen molar-refractivity contribution in [2.24, 2.45) is 5.41 Å². The standard InChI is InChI=1S/C14H16ClF3/c1-2-14(5-3-4-6-14)13(15)9-7-11(17)12(18)8-10(9)16/h7-8,13H,2-6H2,1H3. The van der Waals surface area contributed by atoms with Gasteiger partial charge >= 0.3 is 0 Å². The van der Waals surface area contributed by atoms with E-state index in [1.807, 2.05) is 6.92 Å². The molecule has 4 heteroatoms. The lowest BCUT2D eigenvalue weighted by Crippen LogP contribution is -2.22. The van der Waals surface area contributed by atoms with Gasteiger partial charge in [0.15, 0.2) is 11.6 Å². The summed E-state index contributed by atoms with van der Waals surface area (Å²) in [6.45, 7) is 2.01. The quantitative estimate of drug-likeness (QED) is 0.515. The second-order valence-corrected chi connectivity index (χ2v) is 5.51. The Morgan fingerprint density at radius 2 is 1.67 bits per heavy atom. The summed E-state index contributed by atoms with van der Waals surface area (Å²) in [4.78, 5) is 0. The van der Waals surface area contributed by atoms with E-state index in [1.165, 1.54) is 0 Å². The van der Waals surface area contributed by atoms with Crippen LogP contribution in [0.5, 0.6) is 0 Å². The Morgan fingerprint density at radius 1 is 1.11 bits per heavy atom. The van der Waals surface area contributed by atoms with Crippen molar-refractivity contribution in [3.8, 4) is 0 Å². The van der Waals surface area contributed by atoms with Crippen molar-refractivity contribution in [2.75, 3.05) is 0 Å². The first kappa shape index (κ1) is 13.7. The molecule has 0 aliphatic heterocycles. The predicted molar refractivity (Wildman–Crippen MR) is 66.1 cm³/mol. The molecule has 1 atom stereocenters. The van der Waals surface area contributed by atoms with Crippen molar-refractivity contribution >= 4 is 11.6 Å². The molecule has 0 N–H and O–H groups in total. The van der Waals surface area contributed by atoms with Crippen LogP contribution in [0.3, 0.4) is 0 Å². The number of alkyl halides is 1. The van der Waals surface area contributed by atoms with Gasteiger partial charge in [-0.25, -0.2) is 13.2 Å². The third-order valence-electron chi connectivity index (χ3n) is 4.15. The van der Waals surface area contributed by atoms with E-state index in [2.05, 4.69) is 0 Å². The number of benzene rings is 1. The molecule has 1 aromatic carbocycles. The van der Waals surface area contributed by atoms with Gasteiger partial charge in [-0.1, -0.05) is 19.8 Å². The third-order valence-corrected chi connectivity index (χ3v) is 4.85. The minimum Gasteiger partial charge on any atom is -0.207 e. The zero-order valence-corrected chi connectivity index (χ0v) is 11.0. The highest BCUT2D eigenvalue weighted by atomic mass is 35.5. The molecule has 0 saturated heterocycles. The second kappa shape index (κ2) is 5.12. The first-order chi connectivity index (χ1) is 8.50. The van der Waals surface area contributed by atoms with Crippen LogP contribution in [0, 0.1) is 22.9 Å². The maximum Gasteiger partial charge on any atom is 0.161 e. The van der Waals surface area contributed by atoms with Crippen LogP contribution in [-0.2, 0) is 0 Å². The average molecular weight is 277 g/mol. The molecule has 0 amide bonds. The molecule has 1 aliphatic carbocycles. The fraction of sp³-hybridized carbons (Fsp3) is 0.571. The molecule has 0 aromatic heterocycles. The summed E-state index contributed by atoms with van der Waals surface area (Å²) in [5, 5.41) is -0.597. The lowest BCUT2D eigenvalue weighted by molar-refractivity contribution is 0.266. The summed E-state index contributed by atoms with van der Waals surface area (Å²) >= 11 is 6.37. The predicted octanol–water partition coefficient (Wildman–Crippen LogP) is 5.35. The molecule has 18 heavy (non-hydrogen) atoms. The van der Waals surface area contributed by atoms with Crippen molar-refractivity contribution in [1.82, 2.24) is 0 Å². The number of rotatable bonds is 3. The first-order valence-corrected chi connectivity index (χ1v) is 6.72. The average Bonchev–Trinajstić information content (AvgIpc) is 2.83. The van der Waals surface area contributed by atoms with Crippen LogP contribution in [0.15, 0.2) is 12.1 Å². The Kier molecular flexibility index (Phi) is 3.90. The van der Waals surface area contributed by atoms with E-state index in [9.17, 15) is 13.2 Å². The number of hydrogen-bond acceptors (Lipinski definition) is 0. The SMILES string of the molecule is CCC1(C(Cl)c2cc(F)c(F)cc2F)CCCC1. The number of hydrogen-bond donors (Lipinski definition) is 0. The molecule has 1 aliphatic rings. The fourth-order valence-corrected chi connectivity index (χ4v) is 3.47. The Hall–Kier alpha value is -0.700. The maximum absolute atomic E-state index is 13.7. The zero-order chi connectivity index (χ0) is 13.3. The van der Waals surface area contributed by atoms with Crippen LogP contribution < -0.4 is 0 Å². The van der Waals surface area contributed by atoms with E-state index < -0.39 is 22.8 Å². The van der Waals surface area contributed by atoms with Crippen molar-refractivity contribution < 1.29 is 13.2 Å². The van der Waals surface area contributed by atoms with E-state index in [0.717, 1.165) is 38.2 Å². The Balaban J connectivity index is 2.39. The van der Waals surface area contributed by atoms with Crippen molar-refractivity contribution in [2.45, 2.75) is 44.4 Å². The van der Waals surface area contributed by atoms with Crippen LogP contribution >= 0.6 is 11.6 Å². The van der Waals surface area contributed by atoms with Crippen LogP contribution in [-0.4, -0.2) is 0 Å². The molecule has 1 saturated carbocycles. The second-order valence-electron chi connectivity index (χ2n) is 5.07. The van der Waals surface area contributed by atoms with Gasteiger partial charge in [-0.05, 0) is 30.7 Å². The maximum atomic E-state index is 13.7. The summed E-state index contributed by atoms with van der Waals surface area (Å²) in [5.41, 5.74) is -0.105. The summed E-state index contributed by atoms with van der Waals surface area (Å²) in [5.74, 6) is -2.97. The minimum atomic E-state index is -1.17. The van der Waals surface area contributed by atoms with Gasteiger partial charge in [0.1, 0.15) is 5.82 Å². The molecule has 100 valence electrons. The van der Waals surface area contributed by atoms with Crippen molar-refractivity contribution in [1.29, 1.82) is 0 Å². The number of halogens is 4. The molecular formula is C14H16ClF3. The minimum absolute atomic E-state index is 0.0827. The van der Waals surface area contributed by atoms with Crippen LogP contribution in [0.2, 0.25) is 0 Å². The molecule has 0 nitrogen and oxygen atoms in total. The smallest absolute Gasteiger partial charge is 0.161 e. The van der Waals surface area contributed by atoms with Gasteiger partial charge in [-0.3, -0.25) is 0 Å². The van der Waals surface area contributed by atoms with Crippen LogP contribution in [0.1, 0.15) is 50.0 Å². The molecule has 0 radical (unpaired) electrons. The molecule has 0 spiro atoms. The largest absolute Gasteiger partial charge is 0.207 e. The highest BCUT2D eigenvalue weighted by molar-refractivity contribution is 6.21. The molecule has 0 bridgehead atoms. The molecular weight excluding hydrogens is 261 g/mol. The summed E-state index contributed by atoms with van der Waals surface area (Å²) in [6, 6.07) is 1.48. The lowest BCUT2D eigenvalue weighted by Gasteiger charge is -2.33. The Bertz CT molecular complexity index is 439. The first-order valence-electron chi connectivity index (χ1n) is 6.28. The highest BCUT2D eigenvalue weighted by Crippen LogP contribution is 2.53. The van der Waals surface area contributed by atoms with E-state index in [0.29, 0.717) is 6.07 Å². The van der Waals surface area contributed by atoms with Gasteiger partial charge in [0.2, 0.25) is 0 Å². The normalized spacial score (nSPS) is 20.1. The van der Waals surface area contributed by atoms with Gasteiger partial charge < -0.3 is 0 Å². The van der Waals surface area contributed by atoms with Gasteiger partial charge in [-0.15, -0.1) is 11.6 Å². The van der Waals surface area contributed by atoms with E-state index >= 15 is 0 Å². The molecule has 1 aromatic rings. The molecule has 1 fully saturated rings. The van der Waals surface area contributed by atoms with Crippen LogP contribution in [0.4, 0.5) is 13.2 Å². The summed E-state index contributed by atoms with van der Waals surface area (Å²) in [7, 11) is 0. The van der Waals surface area contributed by atoms with Crippen molar-refractivity contribution in [3.05, 3.63) is 35.1 Å². The lowest BCUT2D eigenvalue weighted by atomic mass is 9.77. The fourth-order valence-electron chi connectivity index (χ4n) is 2.93. The summed E-state index contributed by atoms with van der Waals surface area (Å²) in [6.07, 6.45) is 4.76. The zero-order valence-electron chi connectivity index (χ0n) is 10.3. The third kappa shape index (κ3) is 2.25. The molecule has 2 rings (SSSR count). The monoisotopic (exact) mass is 276 g/mol. The highest BCUT2D eigenvalue weighted by Gasteiger charge is 2.40. The van der Waals surface area contributed by atoms with Gasteiger partial charge in [-0.2, -0.15) is 0 Å². The Morgan fingerprint density at radius 3 is 2.22 bits per heavy atom. The van der Waals surface area contributed by atoms with E-state index in [1.54, 1.807) is 0 Å². The van der Waals surface area contributed by atoms with Crippen molar-refractivity contribution in [3.63, 3.8) is 0 Å². The Labute approximate surface area is 110 Å². The van der Waals surface area contributed by atoms with E-state index in [-0.39, 0.29) is 11.0 Å². The topological polar surface area (TPSA) is 0 Å². The summed E-state index contributed by atoms with van der Waals surface area (Å²) < 4.78 is 39.9. The van der Waals surface area contributed by atoms with Gasteiger partial charge in [0.05, 0.1) is 5.38 Å². The van der Waals surface area contributed by atoms with Gasteiger partial charge in [0, 0.05) is 11.6 Å². The van der Waals surface area contributed by atoms with Crippen LogP contribution in [0.25, 0.3) is 0 Å². The molecule has 0 heterocycles. The van der Waals surface area contributed by atoms with E-state index in [4.69, 9.17) is 11.6 Å². The van der Waals surface area contributed by atoms with Gasteiger partial charge in [0.25, 0.3) is 0 Å². The molecule has 1 unspecified atom stereocenters.